The first-order chi connectivity index (χ1) is 34.6. The second kappa shape index (κ2) is 18.7. The topological polar surface area (TPSA) is 30.5 Å². The summed E-state index contributed by atoms with van der Waals surface area (Å²) in [7, 11) is 0. The van der Waals surface area contributed by atoms with Gasteiger partial charge in [-0.05, 0) is 188 Å². The van der Waals surface area contributed by atoms with Crippen LogP contribution in [0.25, 0.3) is 54.6 Å². The number of hydrogen-bond acceptors (Lipinski definition) is 4. The van der Waals surface area contributed by atoms with Crippen LogP contribution in [-0.2, 0) is 0 Å². The molecule has 332 valence electrons. The smallest absolute Gasteiger partial charge is 0.0468 e. The van der Waals surface area contributed by atoms with Gasteiger partial charge in [0.05, 0.1) is 0 Å². The average Bonchev–Trinajstić information content (AvgIpc) is 3.43. The van der Waals surface area contributed by atoms with Crippen molar-refractivity contribution in [3.63, 3.8) is 0 Å². The molecular formula is C66H48N4. The van der Waals surface area contributed by atoms with Gasteiger partial charge in [0.1, 0.15) is 0 Å². The van der Waals surface area contributed by atoms with Crippen molar-refractivity contribution in [1.29, 1.82) is 0 Å². The fraction of sp³-hybridized carbons (Fsp3) is 0. The Morgan fingerprint density at radius 1 is 0.186 bits per heavy atom. The van der Waals surface area contributed by atoms with E-state index in [4.69, 9.17) is 0 Å². The summed E-state index contributed by atoms with van der Waals surface area (Å²) in [6.07, 6.45) is 0. The molecule has 0 aliphatic carbocycles. The number of fused-ring (bicyclic) bond motifs is 3. The molecule has 0 amide bonds. The van der Waals surface area contributed by atoms with Gasteiger partial charge < -0.3 is 20.4 Å². The van der Waals surface area contributed by atoms with Crippen molar-refractivity contribution in [2.75, 3.05) is 20.4 Å². The maximum absolute atomic E-state index is 3.64. The second-order valence-electron chi connectivity index (χ2n) is 17.7. The van der Waals surface area contributed by atoms with E-state index in [1.54, 1.807) is 0 Å². The number of anilines is 10. The Morgan fingerprint density at radius 2 is 0.457 bits per heavy atom. The van der Waals surface area contributed by atoms with E-state index >= 15 is 0 Å². The number of rotatable bonds is 12. The minimum Gasteiger partial charge on any atom is -0.356 e. The summed E-state index contributed by atoms with van der Waals surface area (Å²) < 4.78 is 0. The summed E-state index contributed by atoms with van der Waals surface area (Å²) in [5.41, 5.74) is 15.3. The number of para-hydroxylation sites is 1. The zero-order chi connectivity index (χ0) is 46.6. The molecule has 0 saturated heterocycles. The lowest BCUT2D eigenvalue weighted by molar-refractivity contribution is 1.26. The van der Waals surface area contributed by atoms with Crippen molar-refractivity contribution in [2.45, 2.75) is 0 Å². The second-order valence-corrected chi connectivity index (χ2v) is 17.7. The van der Waals surface area contributed by atoms with Gasteiger partial charge in [-0.3, -0.25) is 0 Å². The largest absolute Gasteiger partial charge is 0.356 e. The van der Waals surface area contributed by atoms with Crippen LogP contribution in [0.3, 0.4) is 0 Å². The minimum absolute atomic E-state index is 1.01. The van der Waals surface area contributed by atoms with E-state index in [0.717, 1.165) is 56.9 Å². The van der Waals surface area contributed by atoms with Crippen molar-refractivity contribution in [3.8, 4) is 22.3 Å². The van der Waals surface area contributed by atoms with E-state index in [1.165, 1.54) is 54.6 Å². The molecule has 0 atom stereocenters. The third-order valence-corrected chi connectivity index (χ3v) is 13.1. The highest BCUT2D eigenvalue weighted by Crippen LogP contribution is 2.41. The highest BCUT2D eigenvalue weighted by Gasteiger charge is 2.17. The molecule has 4 nitrogen and oxygen atoms in total. The van der Waals surface area contributed by atoms with E-state index in [0.29, 0.717) is 0 Å². The fourth-order valence-corrected chi connectivity index (χ4v) is 9.49. The first-order valence-electron chi connectivity index (χ1n) is 23.8. The summed E-state index contributed by atoms with van der Waals surface area (Å²) in [5, 5.41) is 14.7. The molecule has 0 aliphatic heterocycles. The Balaban J connectivity index is 0.831. The van der Waals surface area contributed by atoms with Crippen LogP contribution >= 0.6 is 0 Å². The Labute approximate surface area is 409 Å². The summed E-state index contributed by atoms with van der Waals surface area (Å²) in [4.78, 5) is 4.64. The van der Waals surface area contributed by atoms with Crippen LogP contribution in [-0.4, -0.2) is 0 Å². The predicted molar refractivity (Wildman–Crippen MR) is 299 cm³/mol. The van der Waals surface area contributed by atoms with Crippen molar-refractivity contribution in [1.82, 2.24) is 0 Å². The van der Waals surface area contributed by atoms with Crippen molar-refractivity contribution in [2.24, 2.45) is 0 Å². The van der Waals surface area contributed by atoms with Gasteiger partial charge in [-0.15, -0.1) is 0 Å². The molecule has 0 bridgehead atoms. The van der Waals surface area contributed by atoms with Crippen LogP contribution in [0.1, 0.15) is 0 Å². The monoisotopic (exact) mass is 896 g/mol. The molecule has 12 rings (SSSR count). The molecule has 0 fully saturated rings. The molecule has 4 heteroatoms. The Bertz CT molecular complexity index is 3570. The normalized spacial score (nSPS) is 11.1. The van der Waals surface area contributed by atoms with Crippen LogP contribution < -0.4 is 20.4 Å². The van der Waals surface area contributed by atoms with Crippen LogP contribution in [0.4, 0.5) is 56.9 Å². The highest BCUT2D eigenvalue weighted by atomic mass is 15.2. The lowest BCUT2D eigenvalue weighted by Crippen LogP contribution is -2.12. The third kappa shape index (κ3) is 8.81. The molecule has 12 aromatic rings. The van der Waals surface area contributed by atoms with Gasteiger partial charge in [-0.25, -0.2) is 0 Å². The van der Waals surface area contributed by atoms with Gasteiger partial charge in [0.25, 0.3) is 0 Å². The Morgan fingerprint density at radius 3 is 0.871 bits per heavy atom. The van der Waals surface area contributed by atoms with Crippen molar-refractivity contribution >= 4 is 89.2 Å². The zero-order valence-electron chi connectivity index (χ0n) is 38.5. The lowest BCUT2D eigenvalue weighted by atomic mass is 10.0. The van der Waals surface area contributed by atoms with Gasteiger partial charge >= 0.3 is 0 Å². The van der Waals surface area contributed by atoms with Crippen LogP contribution in [0.2, 0.25) is 0 Å². The van der Waals surface area contributed by atoms with E-state index in [2.05, 4.69) is 299 Å². The molecular weight excluding hydrogens is 849 g/mol. The summed E-state index contributed by atoms with van der Waals surface area (Å²) in [5.74, 6) is 0. The van der Waals surface area contributed by atoms with Crippen LogP contribution in [0.15, 0.2) is 279 Å². The quantitative estimate of drug-likeness (QED) is 0.128. The van der Waals surface area contributed by atoms with E-state index < -0.39 is 0 Å². The molecule has 0 unspecified atom stereocenters. The molecule has 2 N–H and O–H groups in total. The van der Waals surface area contributed by atoms with Gasteiger partial charge in [0.2, 0.25) is 0 Å². The predicted octanol–water partition coefficient (Wildman–Crippen LogP) is 18.9. The zero-order valence-corrected chi connectivity index (χ0v) is 38.5. The third-order valence-electron chi connectivity index (χ3n) is 13.1. The maximum atomic E-state index is 3.64. The average molecular weight is 897 g/mol. The van der Waals surface area contributed by atoms with Crippen LogP contribution in [0.5, 0.6) is 0 Å². The number of nitrogens with zero attached hydrogens (tertiary/aromatic N) is 2. The van der Waals surface area contributed by atoms with Gasteiger partial charge in [-0.2, -0.15) is 0 Å². The Kier molecular flexibility index (Phi) is 11.2. The van der Waals surface area contributed by atoms with Crippen LogP contribution in [0, 0.1) is 0 Å². The first kappa shape index (κ1) is 42.0. The van der Waals surface area contributed by atoms with Gasteiger partial charge in [0, 0.05) is 56.9 Å². The van der Waals surface area contributed by atoms with Gasteiger partial charge in [-0.1, -0.05) is 146 Å². The van der Waals surface area contributed by atoms with E-state index in [1.807, 2.05) is 0 Å². The Hall–Kier alpha value is -9.38. The SMILES string of the molecule is c1ccc(N(c2ccc(N(c3ccc(Nc4ccc(-c5ccc6ccccc6c5)cc4)cc3)c3ccc(Nc4ccc(-c5ccc6ccccc6c5)cc4)cc3)cc2)c2ccc3ccccc3c2)cc1. The number of benzene rings is 12. The highest BCUT2D eigenvalue weighted by molar-refractivity contribution is 5.91. The van der Waals surface area contributed by atoms with Crippen molar-refractivity contribution in [3.05, 3.63) is 279 Å². The van der Waals surface area contributed by atoms with Crippen molar-refractivity contribution < 1.29 is 0 Å². The number of hydrogen-bond donors (Lipinski definition) is 2. The fourth-order valence-electron chi connectivity index (χ4n) is 9.49. The lowest BCUT2D eigenvalue weighted by Gasteiger charge is -2.28. The van der Waals surface area contributed by atoms with E-state index in [9.17, 15) is 0 Å². The maximum Gasteiger partial charge on any atom is 0.0468 e. The minimum atomic E-state index is 1.01. The summed E-state index contributed by atoms with van der Waals surface area (Å²) in [6.45, 7) is 0. The molecule has 0 radical (unpaired) electrons. The molecule has 0 saturated carbocycles. The summed E-state index contributed by atoms with van der Waals surface area (Å²) in [6, 6.07) is 99.7. The molecule has 0 aromatic heterocycles. The summed E-state index contributed by atoms with van der Waals surface area (Å²) >= 11 is 0. The van der Waals surface area contributed by atoms with Gasteiger partial charge in [0.15, 0.2) is 0 Å². The number of nitrogens with one attached hydrogen (secondary N) is 2. The molecule has 0 heterocycles. The van der Waals surface area contributed by atoms with E-state index in [-0.39, 0.29) is 0 Å². The molecule has 0 spiro atoms. The standard InChI is InChI=1S/C66H48N4/c1-2-16-61(17-3-1)70(66-35-26-49-12-6-9-15-54(49)46-66)65-42-40-64(41-43-65)69(62-36-31-59(32-37-62)67-57-27-22-50(23-28-57)55-20-18-47-10-4-7-13-52(47)44-55)63-38-33-60(34-39-63)68-58-29-24-51(25-30-58)56-21-19-48-11-5-8-14-53(48)45-56/h1-46,67-68H. The first-order valence-corrected chi connectivity index (χ1v) is 23.8. The molecule has 70 heavy (non-hydrogen) atoms. The molecule has 0 aliphatic rings. The molecule has 12 aromatic carbocycles.